The maximum Gasteiger partial charge on any atom is 0.264 e. The summed E-state index contributed by atoms with van der Waals surface area (Å²) in [6, 6.07) is 12.8. The van der Waals surface area contributed by atoms with Crippen molar-refractivity contribution in [1.82, 2.24) is 9.80 Å². The topological polar surface area (TPSA) is 52.7 Å². The van der Waals surface area contributed by atoms with Crippen LogP contribution in [0.15, 0.2) is 42.5 Å². The van der Waals surface area contributed by atoms with Gasteiger partial charge in [0.1, 0.15) is 5.82 Å². The number of halogens is 1. The molecule has 0 aliphatic carbocycles. The number of nitrogens with one attached hydrogen (secondary N) is 1. The number of piperazine rings is 1. The molecule has 5 nitrogen and oxygen atoms in total. The van der Waals surface area contributed by atoms with Crippen molar-refractivity contribution in [3.8, 4) is 0 Å². The summed E-state index contributed by atoms with van der Waals surface area (Å²) in [7, 11) is 0. The van der Waals surface area contributed by atoms with Gasteiger partial charge in [0.25, 0.3) is 5.91 Å². The van der Waals surface area contributed by atoms with Gasteiger partial charge in [0, 0.05) is 42.0 Å². The van der Waals surface area contributed by atoms with Crippen LogP contribution in [0.2, 0.25) is 0 Å². The highest BCUT2D eigenvalue weighted by molar-refractivity contribution is 7.21. The molecule has 162 valence electrons. The van der Waals surface area contributed by atoms with Gasteiger partial charge in [-0.25, -0.2) is 4.39 Å². The van der Waals surface area contributed by atoms with Gasteiger partial charge in [-0.05, 0) is 42.7 Å². The van der Waals surface area contributed by atoms with Crippen molar-refractivity contribution < 1.29 is 14.0 Å². The number of rotatable bonds is 5. The van der Waals surface area contributed by atoms with E-state index in [1.165, 1.54) is 17.4 Å². The minimum atomic E-state index is -0.286. The lowest BCUT2D eigenvalue weighted by Gasteiger charge is -2.34. The molecule has 1 aliphatic rings. The quantitative estimate of drug-likeness (QED) is 0.645. The molecular weight excluding hydrogens is 413 g/mol. The van der Waals surface area contributed by atoms with Crippen molar-refractivity contribution in [2.75, 3.05) is 38.0 Å². The van der Waals surface area contributed by atoms with E-state index in [2.05, 4.69) is 17.1 Å². The SMILES string of the molecule is CCc1ccccc1NC(=O)CN1CCN(C(=O)c2sc3cccc(F)c3c2C)CC1. The second-order valence-corrected chi connectivity index (χ2v) is 8.85. The van der Waals surface area contributed by atoms with Crippen LogP contribution in [0.5, 0.6) is 0 Å². The number of para-hydroxylation sites is 1. The maximum absolute atomic E-state index is 14.2. The van der Waals surface area contributed by atoms with Crippen molar-refractivity contribution in [2.24, 2.45) is 0 Å². The number of thiophene rings is 1. The van der Waals surface area contributed by atoms with Gasteiger partial charge in [-0.2, -0.15) is 0 Å². The van der Waals surface area contributed by atoms with E-state index in [0.29, 0.717) is 48.6 Å². The zero-order chi connectivity index (χ0) is 22.0. The van der Waals surface area contributed by atoms with Gasteiger partial charge < -0.3 is 10.2 Å². The first-order chi connectivity index (χ1) is 15.0. The average Bonchev–Trinajstić information content (AvgIpc) is 3.12. The number of aryl methyl sites for hydroxylation is 2. The second kappa shape index (κ2) is 9.16. The molecule has 0 spiro atoms. The molecule has 1 aromatic heterocycles. The molecule has 1 saturated heterocycles. The fourth-order valence-electron chi connectivity index (χ4n) is 4.05. The first-order valence-corrected chi connectivity index (χ1v) is 11.4. The number of benzene rings is 2. The zero-order valence-electron chi connectivity index (χ0n) is 17.8. The zero-order valence-corrected chi connectivity index (χ0v) is 18.6. The minimum Gasteiger partial charge on any atom is -0.335 e. The third-order valence-electron chi connectivity index (χ3n) is 5.80. The molecule has 0 unspecified atom stereocenters. The smallest absolute Gasteiger partial charge is 0.264 e. The Morgan fingerprint density at radius 2 is 1.81 bits per heavy atom. The summed E-state index contributed by atoms with van der Waals surface area (Å²) in [5, 5.41) is 3.54. The van der Waals surface area contributed by atoms with Gasteiger partial charge in [0.15, 0.2) is 0 Å². The molecule has 2 aromatic carbocycles. The molecule has 0 radical (unpaired) electrons. The Morgan fingerprint density at radius 3 is 2.52 bits per heavy atom. The van der Waals surface area contributed by atoms with Crippen LogP contribution >= 0.6 is 11.3 Å². The monoisotopic (exact) mass is 439 g/mol. The fraction of sp³-hybridized carbons (Fsp3) is 0.333. The molecule has 0 bridgehead atoms. The van der Waals surface area contributed by atoms with Gasteiger partial charge in [0.05, 0.1) is 11.4 Å². The summed E-state index contributed by atoms with van der Waals surface area (Å²) in [6.45, 7) is 6.53. The second-order valence-electron chi connectivity index (χ2n) is 7.80. The molecule has 7 heteroatoms. The van der Waals surface area contributed by atoms with Gasteiger partial charge in [-0.1, -0.05) is 31.2 Å². The lowest BCUT2D eigenvalue weighted by Crippen LogP contribution is -2.50. The molecule has 31 heavy (non-hydrogen) atoms. The van der Waals surface area contributed by atoms with Crippen LogP contribution in [-0.2, 0) is 11.2 Å². The van der Waals surface area contributed by atoms with E-state index >= 15 is 0 Å². The highest BCUT2D eigenvalue weighted by atomic mass is 32.1. The Morgan fingerprint density at radius 1 is 1.06 bits per heavy atom. The lowest BCUT2D eigenvalue weighted by atomic mass is 10.1. The van der Waals surface area contributed by atoms with E-state index < -0.39 is 0 Å². The first-order valence-electron chi connectivity index (χ1n) is 10.5. The third-order valence-corrected chi connectivity index (χ3v) is 7.04. The standard InChI is InChI=1S/C24H26FN3O2S/c1-3-17-7-4-5-9-19(17)26-21(29)15-27-11-13-28(14-12-27)24(30)23-16(2)22-18(25)8-6-10-20(22)31-23/h4-10H,3,11-15H2,1-2H3,(H,26,29). The Bertz CT molecular complexity index is 1120. The Kier molecular flexibility index (Phi) is 6.34. The molecule has 3 aromatic rings. The van der Waals surface area contributed by atoms with Crippen molar-refractivity contribution in [1.29, 1.82) is 0 Å². The van der Waals surface area contributed by atoms with Crippen LogP contribution in [0.1, 0.15) is 27.7 Å². The van der Waals surface area contributed by atoms with E-state index in [1.54, 1.807) is 11.0 Å². The van der Waals surface area contributed by atoms with Gasteiger partial charge in [-0.15, -0.1) is 11.3 Å². The molecule has 2 heterocycles. The van der Waals surface area contributed by atoms with Crippen LogP contribution in [0, 0.1) is 12.7 Å². The summed E-state index contributed by atoms with van der Waals surface area (Å²) >= 11 is 1.35. The minimum absolute atomic E-state index is 0.0449. The predicted octanol–water partition coefficient (Wildman–Crippen LogP) is 4.31. The molecule has 0 saturated carbocycles. The average molecular weight is 440 g/mol. The Hall–Kier alpha value is -2.77. The molecule has 2 amide bonds. The molecule has 0 atom stereocenters. The van der Waals surface area contributed by atoms with Crippen LogP contribution < -0.4 is 5.32 Å². The number of hydrogen-bond donors (Lipinski definition) is 1. The summed E-state index contributed by atoms with van der Waals surface area (Å²) in [6.07, 6.45) is 0.859. The normalized spacial score (nSPS) is 14.7. The lowest BCUT2D eigenvalue weighted by molar-refractivity contribution is -0.117. The Labute approximate surface area is 185 Å². The fourth-order valence-corrected chi connectivity index (χ4v) is 5.24. The number of amides is 2. The molecule has 4 rings (SSSR count). The summed E-state index contributed by atoms with van der Waals surface area (Å²) in [5.74, 6) is -0.388. The van der Waals surface area contributed by atoms with Crippen LogP contribution in [0.25, 0.3) is 10.1 Å². The Balaban J connectivity index is 1.35. The highest BCUT2D eigenvalue weighted by Crippen LogP contribution is 2.33. The number of carbonyl (C=O) groups excluding carboxylic acids is 2. The highest BCUT2D eigenvalue weighted by Gasteiger charge is 2.26. The van der Waals surface area contributed by atoms with Crippen LogP contribution in [0.4, 0.5) is 10.1 Å². The van der Waals surface area contributed by atoms with Gasteiger partial charge in [-0.3, -0.25) is 14.5 Å². The number of anilines is 1. The number of nitrogens with zero attached hydrogens (tertiary/aromatic N) is 2. The number of hydrogen-bond acceptors (Lipinski definition) is 4. The molecular formula is C24H26FN3O2S. The van der Waals surface area contributed by atoms with Gasteiger partial charge in [0.2, 0.25) is 5.91 Å². The van der Waals surface area contributed by atoms with Gasteiger partial charge >= 0.3 is 0 Å². The van der Waals surface area contributed by atoms with E-state index in [-0.39, 0.29) is 17.6 Å². The molecule has 1 fully saturated rings. The third kappa shape index (κ3) is 4.48. The number of fused-ring (bicyclic) bond motifs is 1. The van der Waals surface area contributed by atoms with Crippen molar-refractivity contribution >= 4 is 38.9 Å². The predicted molar refractivity (Wildman–Crippen MR) is 123 cm³/mol. The van der Waals surface area contributed by atoms with E-state index in [9.17, 15) is 14.0 Å². The summed E-state index contributed by atoms with van der Waals surface area (Å²) in [4.78, 5) is 30.0. The maximum atomic E-state index is 14.2. The summed E-state index contributed by atoms with van der Waals surface area (Å²) < 4.78 is 15.0. The van der Waals surface area contributed by atoms with Crippen LogP contribution in [-0.4, -0.2) is 54.3 Å². The van der Waals surface area contributed by atoms with Crippen molar-refractivity contribution in [3.63, 3.8) is 0 Å². The van der Waals surface area contributed by atoms with E-state index in [4.69, 9.17) is 0 Å². The first kappa shape index (κ1) is 21.5. The number of carbonyl (C=O) groups is 2. The summed E-state index contributed by atoms with van der Waals surface area (Å²) in [5.41, 5.74) is 2.68. The largest absolute Gasteiger partial charge is 0.335 e. The van der Waals surface area contributed by atoms with E-state index in [0.717, 1.165) is 22.4 Å². The van der Waals surface area contributed by atoms with Crippen molar-refractivity contribution in [2.45, 2.75) is 20.3 Å². The van der Waals surface area contributed by atoms with Crippen LogP contribution in [0.3, 0.4) is 0 Å². The van der Waals surface area contributed by atoms with E-state index in [1.807, 2.05) is 37.3 Å². The molecule has 1 N–H and O–H groups in total. The molecule has 1 aliphatic heterocycles. The van der Waals surface area contributed by atoms with Crippen molar-refractivity contribution in [3.05, 3.63) is 64.3 Å².